The second-order valence-corrected chi connectivity index (χ2v) is 15.6. The Balaban J connectivity index is 1.54. The second kappa shape index (κ2) is 15.1. The molecule has 10 atom stereocenters. The average molecular weight is 655 g/mol. The van der Waals surface area contributed by atoms with Gasteiger partial charge in [-0.2, -0.15) is 10.1 Å². The number of hydrogen-bond acceptors (Lipinski definition) is 10. The van der Waals surface area contributed by atoms with Crippen molar-refractivity contribution in [2.75, 3.05) is 0 Å². The lowest BCUT2D eigenvalue weighted by Gasteiger charge is -2.58. The van der Waals surface area contributed by atoms with Crippen molar-refractivity contribution in [1.82, 2.24) is 10.1 Å². The Morgan fingerprint density at radius 2 is 0.957 bits per heavy atom. The molecule has 0 aromatic heterocycles. The monoisotopic (exact) mass is 654 g/mol. The molecule has 2 N–H and O–H groups in total. The van der Waals surface area contributed by atoms with Crippen molar-refractivity contribution < 1.29 is 39.0 Å². The van der Waals surface area contributed by atoms with Gasteiger partial charge in [-0.1, -0.05) is 41.5 Å². The summed E-state index contributed by atoms with van der Waals surface area (Å²) >= 11 is 0. The summed E-state index contributed by atoms with van der Waals surface area (Å²) in [7, 11) is 0. The largest absolute Gasteiger partial charge is 0.460 e. The van der Waals surface area contributed by atoms with Crippen LogP contribution in [0.2, 0.25) is 0 Å². The van der Waals surface area contributed by atoms with Gasteiger partial charge in [-0.3, -0.25) is 9.68 Å². The first-order chi connectivity index (χ1) is 21.3. The molecule has 3 fully saturated rings. The molecular weight excluding hydrogens is 588 g/mol. The number of piperidine rings is 2. The van der Waals surface area contributed by atoms with Crippen molar-refractivity contribution in [2.45, 2.75) is 206 Å². The number of hydroxylamine groups is 4. The van der Waals surface area contributed by atoms with Gasteiger partial charge in [0.2, 0.25) is 0 Å². The van der Waals surface area contributed by atoms with Gasteiger partial charge in [-0.25, -0.2) is 9.59 Å². The molecule has 10 nitrogen and oxygen atoms in total. The van der Waals surface area contributed by atoms with Gasteiger partial charge < -0.3 is 19.7 Å². The van der Waals surface area contributed by atoms with Crippen molar-refractivity contribution in [3.63, 3.8) is 0 Å². The van der Waals surface area contributed by atoms with Crippen LogP contribution < -0.4 is 0 Å². The van der Waals surface area contributed by atoms with Crippen LogP contribution in [0.15, 0.2) is 0 Å². The molecule has 9 unspecified atom stereocenters. The number of aliphatic hydroxyl groups excluding tert-OH is 2. The van der Waals surface area contributed by atoms with Gasteiger partial charge in [0.1, 0.15) is 12.2 Å². The van der Waals surface area contributed by atoms with E-state index in [1.165, 1.54) is 0 Å². The van der Waals surface area contributed by atoms with Crippen LogP contribution in [0.3, 0.4) is 0 Å². The average Bonchev–Trinajstić information content (AvgIpc) is 3.03. The molecule has 3 aliphatic rings. The highest BCUT2D eigenvalue weighted by Crippen LogP contribution is 2.47. The van der Waals surface area contributed by atoms with Gasteiger partial charge in [0, 0.05) is 34.0 Å². The smallest absolute Gasteiger partial charge is 0.337 e. The first kappa shape index (κ1) is 39.1. The Hall–Kier alpha value is -1.30. The maximum atomic E-state index is 13.2. The number of nitrogens with zero attached hydrogens (tertiary/aromatic N) is 2. The zero-order valence-corrected chi connectivity index (χ0v) is 30.9. The lowest BCUT2D eigenvalue weighted by Crippen LogP contribution is -2.68. The van der Waals surface area contributed by atoms with Gasteiger partial charge in [0.05, 0.1) is 12.2 Å². The van der Waals surface area contributed by atoms with Crippen molar-refractivity contribution in [3.8, 4) is 0 Å². The van der Waals surface area contributed by atoms with Crippen LogP contribution in [-0.2, 0) is 28.7 Å². The van der Waals surface area contributed by atoms with Crippen molar-refractivity contribution in [3.05, 3.63) is 0 Å². The SMILES string of the molecule is CCC1(C)CC(O)C(C)C(C)(CC)N1OC(C)C(=O)OC1CCC(OC(=O)C(C)ON2C(C)(CC)C(C)C(O)C[C@]2(C)CC)CC1. The third kappa shape index (κ3) is 7.62. The summed E-state index contributed by atoms with van der Waals surface area (Å²) in [4.78, 5) is 39.2. The first-order valence-corrected chi connectivity index (χ1v) is 18.1. The Labute approximate surface area is 278 Å². The standard InChI is InChI=1S/C36H66N2O8/c1-13-33(9)21-29(39)23(5)35(11,15-3)37(33)45-25(7)31(41)43-27-17-19-28(20-18-27)44-32(42)26(8)46-38-34(10,14-2)22-30(40)24(6)36(38,12)16-4/h23-30,39-40H,13-22H2,1-12H3/t23?,24?,25?,26?,27?,28?,29?,30?,33-,34?,35?,36?/m0/s1. The van der Waals surface area contributed by atoms with E-state index in [0.29, 0.717) is 38.5 Å². The third-order valence-electron chi connectivity index (χ3n) is 12.7. The van der Waals surface area contributed by atoms with Gasteiger partial charge in [0.25, 0.3) is 0 Å². The van der Waals surface area contributed by atoms with E-state index in [1.807, 2.05) is 24.0 Å². The fraction of sp³-hybridized carbons (Fsp3) is 0.944. The van der Waals surface area contributed by atoms with E-state index in [1.54, 1.807) is 13.8 Å². The molecule has 0 spiro atoms. The van der Waals surface area contributed by atoms with Crippen molar-refractivity contribution >= 4 is 11.9 Å². The molecule has 10 heteroatoms. The minimum atomic E-state index is -0.797. The molecule has 0 aromatic carbocycles. The fourth-order valence-corrected chi connectivity index (χ4v) is 8.05. The summed E-state index contributed by atoms with van der Waals surface area (Å²) < 4.78 is 11.8. The summed E-state index contributed by atoms with van der Waals surface area (Å²) in [6.45, 7) is 24.3. The van der Waals surface area contributed by atoms with Gasteiger partial charge in [-0.05, 0) is 106 Å². The van der Waals surface area contributed by atoms with Gasteiger partial charge >= 0.3 is 11.9 Å². The second-order valence-electron chi connectivity index (χ2n) is 15.6. The highest BCUT2D eigenvalue weighted by molar-refractivity contribution is 5.75. The molecule has 1 saturated carbocycles. The molecule has 2 aliphatic heterocycles. The summed E-state index contributed by atoms with van der Waals surface area (Å²) in [5.74, 6) is -0.848. The van der Waals surface area contributed by atoms with E-state index in [0.717, 1.165) is 25.7 Å². The van der Waals surface area contributed by atoms with Crippen LogP contribution in [0.5, 0.6) is 0 Å². The van der Waals surface area contributed by atoms with Crippen molar-refractivity contribution in [1.29, 1.82) is 0 Å². The van der Waals surface area contributed by atoms with Crippen molar-refractivity contribution in [2.24, 2.45) is 11.8 Å². The zero-order valence-electron chi connectivity index (χ0n) is 30.9. The number of aliphatic hydroxyl groups is 2. The molecule has 0 aromatic rings. The number of hydrogen-bond donors (Lipinski definition) is 2. The number of carbonyl (C=O) groups excluding carboxylic acids is 2. The number of rotatable bonds is 12. The van der Waals surface area contributed by atoms with E-state index in [4.69, 9.17) is 19.1 Å². The fourth-order valence-electron chi connectivity index (χ4n) is 8.05. The quantitative estimate of drug-likeness (QED) is 0.239. The molecule has 0 amide bonds. The molecule has 268 valence electrons. The normalized spacial score (nSPS) is 42.3. The highest BCUT2D eigenvalue weighted by Gasteiger charge is 2.55. The minimum Gasteiger partial charge on any atom is -0.460 e. The predicted octanol–water partition coefficient (Wildman–Crippen LogP) is 6.10. The predicted molar refractivity (Wildman–Crippen MR) is 177 cm³/mol. The lowest BCUT2D eigenvalue weighted by molar-refractivity contribution is -0.332. The molecule has 46 heavy (non-hydrogen) atoms. The number of ether oxygens (including phenoxy) is 2. The van der Waals surface area contributed by atoms with Crippen LogP contribution in [0, 0.1) is 11.8 Å². The van der Waals surface area contributed by atoms with E-state index >= 15 is 0 Å². The maximum Gasteiger partial charge on any atom is 0.337 e. The van der Waals surface area contributed by atoms with E-state index in [-0.39, 0.29) is 24.0 Å². The van der Waals surface area contributed by atoms with E-state index < -0.39 is 58.5 Å². The molecule has 0 radical (unpaired) electrons. The van der Waals surface area contributed by atoms with Crippen LogP contribution in [0.4, 0.5) is 0 Å². The van der Waals surface area contributed by atoms with Crippen LogP contribution >= 0.6 is 0 Å². The molecule has 2 saturated heterocycles. The Kier molecular flexibility index (Phi) is 12.8. The zero-order chi connectivity index (χ0) is 34.8. The Morgan fingerprint density at radius 3 is 1.22 bits per heavy atom. The van der Waals surface area contributed by atoms with E-state index in [9.17, 15) is 19.8 Å². The molecule has 2 heterocycles. The summed E-state index contributed by atoms with van der Waals surface area (Å²) in [6, 6.07) is 0. The van der Waals surface area contributed by atoms with Gasteiger partial charge in [-0.15, -0.1) is 0 Å². The summed E-state index contributed by atoms with van der Waals surface area (Å²) in [6.07, 6.45) is 3.62. The van der Waals surface area contributed by atoms with E-state index in [2.05, 4.69) is 55.4 Å². The minimum absolute atomic E-state index is 0.0184. The third-order valence-corrected chi connectivity index (χ3v) is 12.7. The molecule has 3 rings (SSSR count). The highest BCUT2D eigenvalue weighted by atomic mass is 16.7. The number of carbonyl (C=O) groups is 2. The van der Waals surface area contributed by atoms with Gasteiger partial charge in [0.15, 0.2) is 12.2 Å². The number of esters is 2. The first-order valence-electron chi connectivity index (χ1n) is 18.1. The lowest BCUT2D eigenvalue weighted by atomic mass is 9.69. The Morgan fingerprint density at radius 1 is 0.652 bits per heavy atom. The molecule has 0 bridgehead atoms. The molecule has 1 aliphatic carbocycles. The topological polar surface area (TPSA) is 118 Å². The Bertz CT molecular complexity index is 957. The molecular formula is C36H66N2O8. The van der Waals surface area contributed by atoms with Crippen LogP contribution in [0.1, 0.15) is 147 Å². The van der Waals surface area contributed by atoms with Crippen LogP contribution in [0.25, 0.3) is 0 Å². The summed E-state index contributed by atoms with van der Waals surface area (Å²) in [5, 5.41) is 25.6. The van der Waals surface area contributed by atoms with Crippen LogP contribution in [-0.4, -0.2) is 91.1 Å². The maximum absolute atomic E-state index is 13.2. The summed E-state index contributed by atoms with van der Waals surface area (Å²) in [5.41, 5.74) is -1.69.